The van der Waals surface area contributed by atoms with Crippen molar-refractivity contribution in [2.75, 3.05) is 49.5 Å². The van der Waals surface area contributed by atoms with Gasteiger partial charge in [0.25, 0.3) is 0 Å². The molecule has 2 heterocycles. The van der Waals surface area contributed by atoms with Crippen molar-refractivity contribution >= 4 is 27.3 Å². The summed E-state index contributed by atoms with van der Waals surface area (Å²) in [7, 11) is -3.53. The van der Waals surface area contributed by atoms with Crippen molar-refractivity contribution in [1.29, 1.82) is 0 Å². The summed E-state index contributed by atoms with van der Waals surface area (Å²) in [6, 6.07) is 12.7. The predicted octanol–water partition coefficient (Wildman–Crippen LogP) is 3.63. The fourth-order valence-corrected chi connectivity index (χ4v) is 6.39. The van der Waals surface area contributed by atoms with Crippen molar-refractivity contribution in [2.24, 2.45) is 0 Å². The van der Waals surface area contributed by atoms with E-state index in [2.05, 4.69) is 47.2 Å². The topological polar surface area (TPSA) is 73.0 Å². The molecule has 184 valence electrons. The van der Waals surface area contributed by atoms with Crippen molar-refractivity contribution in [1.82, 2.24) is 9.21 Å². The largest absolute Gasteiger partial charge is 0.369 e. The Kier molecular flexibility index (Phi) is 7.60. The number of nitrogens with one attached hydrogen (secondary N) is 1. The predicted molar refractivity (Wildman–Crippen MR) is 137 cm³/mol. The molecule has 7 nitrogen and oxygen atoms in total. The highest BCUT2D eigenvalue weighted by molar-refractivity contribution is 7.89. The highest BCUT2D eigenvalue weighted by Crippen LogP contribution is 2.25. The van der Waals surface area contributed by atoms with Gasteiger partial charge in [0, 0.05) is 50.6 Å². The van der Waals surface area contributed by atoms with Gasteiger partial charge < -0.3 is 10.2 Å². The number of carbonyl (C=O) groups excluding carboxylic acids is 1. The third-order valence-corrected chi connectivity index (χ3v) is 9.11. The van der Waals surface area contributed by atoms with Crippen LogP contribution in [0, 0.1) is 13.8 Å². The van der Waals surface area contributed by atoms with Crippen molar-refractivity contribution in [2.45, 2.75) is 51.0 Å². The Morgan fingerprint density at radius 1 is 0.912 bits per heavy atom. The van der Waals surface area contributed by atoms with Crippen LogP contribution in [0.2, 0.25) is 0 Å². The minimum absolute atomic E-state index is 0.118. The van der Waals surface area contributed by atoms with Crippen LogP contribution in [0.5, 0.6) is 0 Å². The normalized spacial score (nSPS) is 19.1. The third kappa shape index (κ3) is 5.29. The van der Waals surface area contributed by atoms with Crippen LogP contribution in [-0.4, -0.2) is 68.8 Å². The number of benzene rings is 2. The molecule has 0 bridgehead atoms. The molecule has 2 aromatic rings. The second-order valence-electron chi connectivity index (χ2n) is 9.40. The van der Waals surface area contributed by atoms with E-state index >= 15 is 0 Å². The number of nitrogens with zero attached hydrogens (tertiary/aromatic N) is 3. The Balaban J connectivity index is 1.37. The number of piperidine rings is 1. The van der Waals surface area contributed by atoms with Crippen molar-refractivity contribution in [3.8, 4) is 0 Å². The van der Waals surface area contributed by atoms with E-state index in [9.17, 15) is 13.2 Å². The summed E-state index contributed by atoms with van der Waals surface area (Å²) in [4.78, 5) is 17.8. The number of carbonyl (C=O) groups is 1. The SMILES string of the molecule is Cc1cccc(N2CCN(C(C)C(=O)Nc3cccc(S(=O)(=O)N4CCCCC4)c3)CC2)c1C. The lowest BCUT2D eigenvalue weighted by Gasteiger charge is -2.39. The minimum Gasteiger partial charge on any atom is -0.369 e. The van der Waals surface area contributed by atoms with E-state index in [4.69, 9.17) is 0 Å². The lowest BCUT2D eigenvalue weighted by Crippen LogP contribution is -2.53. The summed E-state index contributed by atoms with van der Waals surface area (Å²) in [5, 5.41) is 2.94. The fraction of sp³-hybridized carbons (Fsp3) is 0.500. The highest BCUT2D eigenvalue weighted by atomic mass is 32.2. The van der Waals surface area contributed by atoms with Gasteiger partial charge in [0.1, 0.15) is 0 Å². The van der Waals surface area contributed by atoms with Gasteiger partial charge in [-0.25, -0.2) is 8.42 Å². The second kappa shape index (κ2) is 10.5. The first-order valence-corrected chi connectivity index (χ1v) is 13.7. The molecule has 1 N–H and O–H groups in total. The van der Waals surface area contributed by atoms with Crippen LogP contribution in [0.25, 0.3) is 0 Å². The maximum absolute atomic E-state index is 13.0. The Hall–Kier alpha value is -2.42. The Morgan fingerprint density at radius 2 is 1.59 bits per heavy atom. The van der Waals surface area contributed by atoms with Gasteiger partial charge >= 0.3 is 0 Å². The van der Waals surface area contributed by atoms with Gasteiger partial charge in [-0.2, -0.15) is 4.31 Å². The summed E-state index contributed by atoms with van der Waals surface area (Å²) in [5.74, 6) is -0.118. The van der Waals surface area contributed by atoms with E-state index in [1.165, 1.54) is 16.8 Å². The van der Waals surface area contributed by atoms with Gasteiger partial charge in [0.15, 0.2) is 0 Å². The number of aryl methyl sites for hydroxylation is 1. The Labute approximate surface area is 203 Å². The van der Waals surface area contributed by atoms with Gasteiger partial charge in [-0.3, -0.25) is 9.69 Å². The first-order valence-electron chi connectivity index (χ1n) is 12.2. The van der Waals surface area contributed by atoms with Gasteiger partial charge in [-0.05, 0) is 69.0 Å². The standard InChI is InChI=1S/C26H36N4O3S/c1-20-9-7-12-25(21(20)2)29-17-15-28(16-18-29)22(3)26(31)27-23-10-8-11-24(19-23)34(32,33)30-13-5-4-6-14-30/h7-12,19,22H,4-6,13-18H2,1-3H3,(H,27,31). The van der Waals surface area contributed by atoms with Crippen LogP contribution in [0.1, 0.15) is 37.3 Å². The van der Waals surface area contributed by atoms with E-state index in [0.717, 1.165) is 45.4 Å². The smallest absolute Gasteiger partial charge is 0.243 e. The molecule has 8 heteroatoms. The molecule has 0 aliphatic carbocycles. The molecule has 0 aromatic heterocycles. The first-order chi connectivity index (χ1) is 16.3. The van der Waals surface area contributed by atoms with Crippen LogP contribution in [-0.2, 0) is 14.8 Å². The molecule has 2 fully saturated rings. The zero-order valence-corrected chi connectivity index (χ0v) is 21.3. The van der Waals surface area contributed by atoms with Gasteiger partial charge in [-0.15, -0.1) is 0 Å². The molecule has 2 saturated heterocycles. The lowest BCUT2D eigenvalue weighted by molar-refractivity contribution is -0.120. The van der Waals surface area contributed by atoms with Gasteiger partial charge in [0.2, 0.25) is 15.9 Å². The van der Waals surface area contributed by atoms with Crippen LogP contribution >= 0.6 is 0 Å². The molecule has 1 atom stereocenters. The molecule has 0 saturated carbocycles. The minimum atomic E-state index is -3.53. The van der Waals surface area contributed by atoms with E-state index in [-0.39, 0.29) is 16.8 Å². The van der Waals surface area contributed by atoms with E-state index in [1.54, 1.807) is 28.6 Å². The molecular weight excluding hydrogens is 448 g/mol. The average Bonchev–Trinajstić information content (AvgIpc) is 2.86. The molecule has 0 radical (unpaired) electrons. The van der Waals surface area contributed by atoms with E-state index < -0.39 is 10.0 Å². The molecule has 1 unspecified atom stereocenters. The van der Waals surface area contributed by atoms with Crippen molar-refractivity contribution in [3.05, 3.63) is 53.6 Å². The van der Waals surface area contributed by atoms with Crippen molar-refractivity contribution < 1.29 is 13.2 Å². The highest BCUT2D eigenvalue weighted by Gasteiger charge is 2.28. The number of hydrogen-bond donors (Lipinski definition) is 1. The summed E-state index contributed by atoms with van der Waals surface area (Å²) in [5.41, 5.74) is 4.38. The second-order valence-corrected chi connectivity index (χ2v) is 11.3. The van der Waals surface area contributed by atoms with Crippen LogP contribution in [0.4, 0.5) is 11.4 Å². The third-order valence-electron chi connectivity index (χ3n) is 7.21. The lowest BCUT2D eigenvalue weighted by atomic mass is 10.1. The van der Waals surface area contributed by atoms with E-state index in [1.807, 2.05) is 6.92 Å². The Bertz CT molecular complexity index is 1120. The maximum atomic E-state index is 13.0. The monoisotopic (exact) mass is 484 g/mol. The summed E-state index contributed by atoms with van der Waals surface area (Å²) in [6.45, 7) is 10.7. The van der Waals surface area contributed by atoms with Crippen LogP contribution in [0.15, 0.2) is 47.4 Å². The number of piperazine rings is 1. The van der Waals surface area contributed by atoms with Crippen molar-refractivity contribution in [3.63, 3.8) is 0 Å². The molecule has 0 spiro atoms. The molecule has 4 rings (SSSR count). The summed E-state index contributed by atoms with van der Waals surface area (Å²) >= 11 is 0. The molecule has 2 aromatic carbocycles. The first kappa shape index (κ1) is 24.7. The molecule has 2 aliphatic heterocycles. The Morgan fingerprint density at radius 3 is 2.29 bits per heavy atom. The number of hydrogen-bond acceptors (Lipinski definition) is 5. The zero-order chi connectivity index (χ0) is 24.3. The number of sulfonamides is 1. The summed E-state index contributed by atoms with van der Waals surface area (Å²) < 4.78 is 27.5. The summed E-state index contributed by atoms with van der Waals surface area (Å²) in [6.07, 6.45) is 2.85. The molecule has 34 heavy (non-hydrogen) atoms. The molecule has 1 amide bonds. The number of anilines is 2. The molecule has 2 aliphatic rings. The quantitative estimate of drug-likeness (QED) is 0.678. The van der Waals surface area contributed by atoms with Gasteiger partial charge in [-0.1, -0.05) is 24.6 Å². The zero-order valence-electron chi connectivity index (χ0n) is 20.5. The number of amides is 1. The van der Waals surface area contributed by atoms with Crippen LogP contribution < -0.4 is 10.2 Å². The maximum Gasteiger partial charge on any atom is 0.243 e. The number of rotatable bonds is 6. The van der Waals surface area contributed by atoms with E-state index in [0.29, 0.717) is 18.8 Å². The van der Waals surface area contributed by atoms with Gasteiger partial charge in [0.05, 0.1) is 10.9 Å². The van der Waals surface area contributed by atoms with Crippen LogP contribution in [0.3, 0.4) is 0 Å². The fourth-order valence-electron chi connectivity index (χ4n) is 4.83. The molecular formula is C26H36N4O3S. The average molecular weight is 485 g/mol.